The summed E-state index contributed by atoms with van der Waals surface area (Å²) in [6.45, 7) is 3.25. The van der Waals surface area contributed by atoms with E-state index in [0.717, 1.165) is 34.8 Å². The van der Waals surface area contributed by atoms with E-state index in [2.05, 4.69) is 27.9 Å². The molecule has 0 bridgehead atoms. The highest BCUT2D eigenvalue weighted by atomic mass is 35.5. The van der Waals surface area contributed by atoms with Crippen LogP contribution in [0.15, 0.2) is 24.3 Å². The van der Waals surface area contributed by atoms with Crippen LogP contribution in [0, 0.1) is 0 Å². The van der Waals surface area contributed by atoms with Gasteiger partial charge in [-0.15, -0.1) is 0 Å². The van der Waals surface area contributed by atoms with Crippen molar-refractivity contribution in [1.29, 1.82) is 0 Å². The molecule has 0 amide bonds. The van der Waals surface area contributed by atoms with Gasteiger partial charge in [0, 0.05) is 29.5 Å². The number of rotatable bonds is 1. The van der Waals surface area contributed by atoms with Crippen LogP contribution in [-0.4, -0.2) is 34.1 Å². The first-order valence-corrected chi connectivity index (χ1v) is 7.55. The minimum atomic E-state index is 0.328. The van der Waals surface area contributed by atoms with E-state index in [4.69, 9.17) is 11.6 Å². The normalized spacial score (nSPS) is 20.3. The number of anilines is 1. The van der Waals surface area contributed by atoms with E-state index < -0.39 is 0 Å². The molecule has 0 N–H and O–H groups in total. The molecule has 1 aromatic heterocycles. The van der Waals surface area contributed by atoms with Crippen LogP contribution in [0.3, 0.4) is 0 Å². The summed E-state index contributed by atoms with van der Waals surface area (Å²) in [4.78, 5) is 11.1. The van der Waals surface area contributed by atoms with Crippen LogP contribution in [0.1, 0.15) is 6.92 Å². The molecule has 1 fully saturated rings. The highest BCUT2D eigenvalue weighted by molar-refractivity contribution is 7.99. The zero-order chi connectivity index (χ0) is 12.5. The number of para-hydroxylation sites is 1. The van der Waals surface area contributed by atoms with Crippen molar-refractivity contribution >= 4 is 40.1 Å². The van der Waals surface area contributed by atoms with Crippen molar-refractivity contribution in [2.45, 2.75) is 13.0 Å². The Morgan fingerprint density at radius 1 is 1.33 bits per heavy atom. The summed E-state index contributed by atoms with van der Waals surface area (Å²) >= 11 is 8.03. The standard InChI is InChI=1S/C13H14ClN3S/c1-9-8-18-7-6-17(9)12-10-4-2-3-5-11(10)15-13(14)16-12/h2-5,9H,6-8H2,1H3. The second kappa shape index (κ2) is 4.94. The Kier molecular flexibility index (Phi) is 3.31. The number of fused-ring (bicyclic) bond motifs is 1. The molecule has 18 heavy (non-hydrogen) atoms. The summed E-state index contributed by atoms with van der Waals surface area (Å²) in [7, 11) is 0. The van der Waals surface area contributed by atoms with Gasteiger partial charge in [-0.05, 0) is 30.7 Å². The molecule has 94 valence electrons. The van der Waals surface area contributed by atoms with Crippen molar-refractivity contribution in [3.63, 3.8) is 0 Å². The van der Waals surface area contributed by atoms with Gasteiger partial charge in [0.1, 0.15) is 5.82 Å². The molecule has 3 rings (SSSR count). The molecule has 0 spiro atoms. The quantitative estimate of drug-likeness (QED) is 0.750. The lowest BCUT2D eigenvalue weighted by Crippen LogP contribution is -2.41. The number of benzene rings is 1. The maximum Gasteiger partial charge on any atom is 0.224 e. The summed E-state index contributed by atoms with van der Waals surface area (Å²) < 4.78 is 0. The van der Waals surface area contributed by atoms with Gasteiger partial charge in [-0.25, -0.2) is 4.98 Å². The Morgan fingerprint density at radius 3 is 3.00 bits per heavy atom. The molecule has 1 unspecified atom stereocenters. The van der Waals surface area contributed by atoms with Gasteiger partial charge in [0.25, 0.3) is 0 Å². The maximum atomic E-state index is 6.04. The van der Waals surface area contributed by atoms with E-state index in [0.29, 0.717) is 11.3 Å². The molecule has 0 saturated carbocycles. The van der Waals surface area contributed by atoms with Crippen LogP contribution in [0.5, 0.6) is 0 Å². The van der Waals surface area contributed by atoms with E-state index in [1.165, 1.54) is 0 Å². The SMILES string of the molecule is CC1CSCCN1c1nc(Cl)nc2ccccc12. The van der Waals surface area contributed by atoms with Gasteiger partial charge in [0.2, 0.25) is 5.28 Å². The predicted molar refractivity (Wildman–Crippen MR) is 78.7 cm³/mol. The molecule has 1 atom stereocenters. The second-order valence-corrected chi connectivity index (χ2v) is 5.94. The highest BCUT2D eigenvalue weighted by Gasteiger charge is 2.22. The Hall–Kier alpha value is -1.00. The molecule has 1 aliphatic rings. The molecule has 5 heteroatoms. The fourth-order valence-electron chi connectivity index (χ4n) is 2.29. The lowest BCUT2D eigenvalue weighted by Gasteiger charge is -2.34. The lowest BCUT2D eigenvalue weighted by molar-refractivity contribution is 0.692. The minimum Gasteiger partial charge on any atom is -0.352 e. The summed E-state index contributed by atoms with van der Waals surface area (Å²) in [5.41, 5.74) is 0.915. The zero-order valence-electron chi connectivity index (χ0n) is 10.1. The molecular formula is C13H14ClN3S. The summed E-state index contributed by atoms with van der Waals surface area (Å²) in [6, 6.07) is 8.53. The van der Waals surface area contributed by atoms with Crippen LogP contribution < -0.4 is 4.90 Å². The summed E-state index contributed by atoms with van der Waals surface area (Å²) in [5, 5.41) is 1.41. The van der Waals surface area contributed by atoms with Gasteiger partial charge >= 0.3 is 0 Å². The average molecular weight is 280 g/mol. The molecule has 1 aromatic carbocycles. The number of halogens is 1. The third kappa shape index (κ3) is 2.15. The summed E-state index contributed by atoms with van der Waals surface area (Å²) in [6.07, 6.45) is 0. The van der Waals surface area contributed by atoms with Crippen molar-refractivity contribution in [2.24, 2.45) is 0 Å². The first-order valence-electron chi connectivity index (χ1n) is 6.02. The third-order valence-corrected chi connectivity index (χ3v) is 4.55. The van der Waals surface area contributed by atoms with Crippen LogP contribution in [0.2, 0.25) is 5.28 Å². The molecular weight excluding hydrogens is 266 g/mol. The van der Waals surface area contributed by atoms with Gasteiger partial charge in [-0.1, -0.05) is 12.1 Å². The van der Waals surface area contributed by atoms with Crippen LogP contribution in [0.4, 0.5) is 5.82 Å². The first-order chi connectivity index (χ1) is 8.75. The van der Waals surface area contributed by atoms with Gasteiger partial charge in [0.05, 0.1) is 5.52 Å². The average Bonchev–Trinajstić information content (AvgIpc) is 2.38. The molecule has 2 heterocycles. The predicted octanol–water partition coefficient (Wildman–Crippen LogP) is 3.22. The smallest absolute Gasteiger partial charge is 0.224 e. The maximum absolute atomic E-state index is 6.04. The van der Waals surface area contributed by atoms with Crippen LogP contribution in [-0.2, 0) is 0 Å². The first kappa shape index (κ1) is 12.1. The lowest BCUT2D eigenvalue weighted by atomic mass is 10.2. The second-order valence-electron chi connectivity index (χ2n) is 4.45. The third-order valence-electron chi connectivity index (χ3n) is 3.20. The van der Waals surface area contributed by atoms with E-state index in [1.807, 2.05) is 30.0 Å². The Labute approximate surface area is 116 Å². The number of thioether (sulfide) groups is 1. The van der Waals surface area contributed by atoms with Crippen molar-refractivity contribution < 1.29 is 0 Å². The fraction of sp³-hybridized carbons (Fsp3) is 0.385. The van der Waals surface area contributed by atoms with Gasteiger partial charge in [-0.2, -0.15) is 16.7 Å². The number of aromatic nitrogens is 2. The summed E-state index contributed by atoms with van der Waals surface area (Å²) in [5.74, 6) is 3.24. The molecule has 1 aliphatic heterocycles. The Bertz CT molecular complexity index is 575. The van der Waals surface area contributed by atoms with Gasteiger partial charge in [-0.3, -0.25) is 0 Å². The molecule has 1 saturated heterocycles. The van der Waals surface area contributed by atoms with Crippen molar-refractivity contribution in [3.8, 4) is 0 Å². The molecule has 2 aromatic rings. The van der Waals surface area contributed by atoms with Gasteiger partial charge in [0.15, 0.2) is 0 Å². The van der Waals surface area contributed by atoms with Crippen LogP contribution in [0.25, 0.3) is 10.9 Å². The molecule has 0 radical (unpaired) electrons. The zero-order valence-corrected chi connectivity index (χ0v) is 11.7. The van der Waals surface area contributed by atoms with Crippen molar-refractivity contribution in [3.05, 3.63) is 29.5 Å². The molecule has 3 nitrogen and oxygen atoms in total. The highest BCUT2D eigenvalue weighted by Crippen LogP contribution is 2.29. The van der Waals surface area contributed by atoms with Gasteiger partial charge < -0.3 is 4.90 Å². The van der Waals surface area contributed by atoms with Crippen molar-refractivity contribution in [2.75, 3.05) is 23.0 Å². The number of hydrogen-bond donors (Lipinski definition) is 0. The van der Waals surface area contributed by atoms with Crippen LogP contribution >= 0.6 is 23.4 Å². The Morgan fingerprint density at radius 2 is 2.17 bits per heavy atom. The van der Waals surface area contributed by atoms with E-state index >= 15 is 0 Å². The molecule has 0 aliphatic carbocycles. The van der Waals surface area contributed by atoms with Crippen molar-refractivity contribution in [1.82, 2.24) is 9.97 Å². The number of hydrogen-bond acceptors (Lipinski definition) is 4. The number of nitrogens with zero attached hydrogens (tertiary/aromatic N) is 3. The fourth-order valence-corrected chi connectivity index (χ4v) is 3.48. The van der Waals surface area contributed by atoms with E-state index in [9.17, 15) is 0 Å². The topological polar surface area (TPSA) is 29.0 Å². The van der Waals surface area contributed by atoms with E-state index in [-0.39, 0.29) is 0 Å². The largest absolute Gasteiger partial charge is 0.352 e. The van der Waals surface area contributed by atoms with E-state index in [1.54, 1.807) is 0 Å². The Balaban J connectivity index is 2.15. The monoisotopic (exact) mass is 279 g/mol. The minimum absolute atomic E-state index is 0.328.